The SMILES string of the molecule is CC(C)(C)OC(=O)NCC(=O)CCC(=O)NCC(=O)O. The first-order valence-electron chi connectivity index (χ1n) is 6.07. The number of alkyl carbamates (subject to hydrolysis) is 1. The molecule has 0 saturated carbocycles. The first kappa shape index (κ1) is 17.9. The molecule has 0 aliphatic carbocycles. The highest BCUT2D eigenvalue weighted by Gasteiger charge is 2.16. The van der Waals surface area contributed by atoms with E-state index in [4.69, 9.17) is 9.84 Å². The molecule has 0 bridgehead atoms. The quantitative estimate of drug-likeness (QED) is 0.609. The Morgan fingerprint density at radius 1 is 1.00 bits per heavy atom. The van der Waals surface area contributed by atoms with Gasteiger partial charge >= 0.3 is 12.1 Å². The molecule has 0 aliphatic rings. The highest BCUT2D eigenvalue weighted by Crippen LogP contribution is 2.06. The summed E-state index contributed by atoms with van der Waals surface area (Å²) in [5.41, 5.74) is -0.649. The van der Waals surface area contributed by atoms with Gasteiger partial charge in [-0.05, 0) is 20.8 Å². The van der Waals surface area contributed by atoms with Crippen LogP contribution in [0.15, 0.2) is 0 Å². The zero-order valence-corrected chi connectivity index (χ0v) is 11.8. The van der Waals surface area contributed by atoms with Gasteiger partial charge in [-0.25, -0.2) is 4.79 Å². The van der Waals surface area contributed by atoms with Crippen LogP contribution < -0.4 is 10.6 Å². The molecular weight excluding hydrogens is 268 g/mol. The molecule has 114 valence electrons. The highest BCUT2D eigenvalue weighted by molar-refractivity contribution is 5.88. The number of Topliss-reactive ketones (excluding diaryl/α,β-unsaturated/α-hetero) is 1. The number of carbonyl (C=O) groups is 4. The summed E-state index contributed by atoms with van der Waals surface area (Å²) in [5.74, 6) is -2.03. The van der Waals surface area contributed by atoms with Crippen molar-refractivity contribution in [3.05, 3.63) is 0 Å². The monoisotopic (exact) mass is 288 g/mol. The number of hydrogen-bond donors (Lipinski definition) is 3. The second-order valence-corrected chi connectivity index (χ2v) is 5.06. The van der Waals surface area contributed by atoms with E-state index < -0.39 is 30.1 Å². The number of hydrogen-bond acceptors (Lipinski definition) is 5. The predicted molar refractivity (Wildman–Crippen MR) is 69.1 cm³/mol. The zero-order valence-electron chi connectivity index (χ0n) is 11.8. The molecule has 3 N–H and O–H groups in total. The van der Waals surface area contributed by atoms with Gasteiger partial charge in [-0.15, -0.1) is 0 Å². The van der Waals surface area contributed by atoms with Crippen LogP contribution in [0.5, 0.6) is 0 Å². The van der Waals surface area contributed by atoms with Crippen LogP contribution in [0.4, 0.5) is 4.79 Å². The lowest BCUT2D eigenvalue weighted by molar-refractivity contribution is -0.138. The summed E-state index contributed by atoms with van der Waals surface area (Å²) in [6.07, 6.45) is -0.912. The summed E-state index contributed by atoms with van der Waals surface area (Å²) < 4.78 is 4.93. The number of rotatable bonds is 7. The first-order chi connectivity index (χ1) is 9.10. The van der Waals surface area contributed by atoms with Crippen molar-refractivity contribution in [2.45, 2.75) is 39.2 Å². The van der Waals surface area contributed by atoms with Crippen LogP contribution in [0.25, 0.3) is 0 Å². The van der Waals surface area contributed by atoms with Gasteiger partial charge in [0.25, 0.3) is 0 Å². The van der Waals surface area contributed by atoms with E-state index >= 15 is 0 Å². The van der Waals surface area contributed by atoms with Crippen LogP contribution in [0.3, 0.4) is 0 Å². The van der Waals surface area contributed by atoms with Gasteiger partial charge in [0.1, 0.15) is 12.1 Å². The lowest BCUT2D eigenvalue weighted by Gasteiger charge is -2.19. The van der Waals surface area contributed by atoms with E-state index in [-0.39, 0.29) is 25.2 Å². The molecule has 0 heterocycles. The largest absolute Gasteiger partial charge is 0.480 e. The van der Waals surface area contributed by atoms with Crippen molar-refractivity contribution < 1.29 is 29.0 Å². The van der Waals surface area contributed by atoms with Crippen molar-refractivity contribution in [1.29, 1.82) is 0 Å². The number of ketones is 1. The van der Waals surface area contributed by atoms with Crippen molar-refractivity contribution in [2.75, 3.05) is 13.1 Å². The summed E-state index contributed by atoms with van der Waals surface area (Å²) in [5, 5.41) is 12.7. The maximum atomic E-state index is 11.4. The van der Waals surface area contributed by atoms with E-state index in [9.17, 15) is 19.2 Å². The van der Waals surface area contributed by atoms with Crippen LogP contribution in [0.2, 0.25) is 0 Å². The maximum absolute atomic E-state index is 11.4. The molecule has 0 fully saturated rings. The van der Waals surface area contributed by atoms with E-state index in [1.54, 1.807) is 20.8 Å². The van der Waals surface area contributed by atoms with Gasteiger partial charge in [0, 0.05) is 12.8 Å². The van der Waals surface area contributed by atoms with Gasteiger partial charge in [0.15, 0.2) is 5.78 Å². The third-order valence-corrected chi connectivity index (χ3v) is 1.90. The van der Waals surface area contributed by atoms with Gasteiger partial charge in [-0.3, -0.25) is 14.4 Å². The lowest BCUT2D eigenvalue weighted by atomic mass is 10.2. The Morgan fingerprint density at radius 3 is 2.10 bits per heavy atom. The molecule has 0 rings (SSSR count). The summed E-state index contributed by atoms with van der Waals surface area (Å²) in [7, 11) is 0. The molecule has 0 unspecified atom stereocenters. The van der Waals surface area contributed by atoms with Gasteiger partial charge in [-0.1, -0.05) is 0 Å². The molecule has 0 aliphatic heterocycles. The fraction of sp³-hybridized carbons (Fsp3) is 0.667. The zero-order chi connectivity index (χ0) is 15.8. The third kappa shape index (κ3) is 11.0. The molecule has 0 radical (unpaired) electrons. The first-order valence-corrected chi connectivity index (χ1v) is 6.07. The van der Waals surface area contributed by atoms with E-state index in [0.29, 0.717) is 0 Å². The third-order valence-electron chi connectivity index (χ3n) is 1.90. The Morgan fingerprint density at radius 2 is 1.60 bits per heavy atom. The van der Waals surface area contributed by atoms with Crippen molar-refractivity contribution >= 4 is 23.8 Å². The topological polar surface area (TPSA) is 122 Å². The number of aliphatic carboxylic acids is 1. The molecular formula is C12H20N2O6. The molecule has 0 aromatic heterocycles. The summed E-state index contributed by atoms with van der Waals surface area (Å²) in [4.78, 5) is 44.0. The molecule has 0 saturated heterocycles. The van der Waals surface area contributed by atoms with Crippen LogP contribution >= 0.6 is 0 Å². The fourth-order valence-electron chi connectivity index (χ4n) is 1.09. The molecule has 0 aromatic carbocycles. The Bertz CT molecular complexity index is 386. The van der Waals surface area contributed by atoms with E-state index in [1.807, 2.05) is 0 Å². The minimum atomic E-state index is -1.16. The van der Waals surface area contributed by atoms with Gasteiger partial charge in [-0.2, -0.15) is 0 Å². The van der Waals surface area contributed by atoms with Crippen LogP contribution in [-0.4, -0.2) is 47.6 Å². The highest BCUT2D eigenvalue weighted by atomic mass is 16.6. The van der Waals surface area contributed by atoms with Crippen LogP contribution in [0.1, 0.15) is 33.6 Å². The van der Waals surface area contributed by atoms with Crippen molar-refractivity contribution in [3.8, 4) is 0 Å². The van der Waals surface area contributed by atoms with Crippen LogP contribution in [0, 0.1) is 0 Å². The van der Waals surface area contributed by atoms with E-state index in [2.05, 4.69) is 10.6 Å². The second kappa shape index (κ2) is 8.13. The minimum absolute atomic E-state index is 0.0821. The van der Waals surface area contributed by atoms with Gasteiger partial charge in [0.05, 0.1) is 6.54 Å². The number of carboxylic acid groups (broad SMARTS) is 1. The number of amides is 2. The van der Waals surface area contributed by atoms with Gasteiger partial charge < -0.3 is 20.5 Å². The maximum Gasteiger partial charge on any atom is 0.408 e. The fourth-order valence-corrected chi connectivity index (χ4v) is 1.09. The lowest BCUT2D eigenvalue weighted by Crippen LogP contribution is -2.36. The number of carboxylic acids is 1. The number of carbonyl (C=O) groups excluding carboxylic acids is 3. The van der Waals surface area contributed by atoms with Crippen molar-refractivity contribution in [1.82, 2.24) is 10.6 Å². The number of ether oxygens (including phenoxy) is 1. The van der Waals surface area contributed by atoms with E-state index in [0.717, 1.165) is 0 Å². The smallest absolute Gasteiger partial charge is 0.408 e. The molecule has 2 amide bonds. The minimum Gasteiger partial charge on any atom is -0.480 e. The standard InChI is InChI=1S/C12H20N2O6/c1-12(2,3)20-11(19)14-6-8(15)4-5-9(16)13-7-10(17)18/h4-7H2,1-3H3,(H,13,16)(H,14,19)(H,17,18). The van der Waals surface area contributed by atoms with E-state index in [1.165, 1.54) is 0 Å². The average molecular weight is 288 g/mol. The summed E-state index contributed by atoms with van der Waals surface area (Å²) in [6.45, 7) is 4.37. The predicted octanol–water partition coefficient (Wildman–Crippen LogP) is 0.0612. The summed E-state index contributed by atoms with van der Waals surface area (Å²) >= 11 is 0. The molecule has 0 spiro atoms. The Labute approximate surface area is 116 Å². The second-order valence-electron chi connectivity index (χ2n) is 5.06. The molecule has 20 heavy (non-hydrogen) atoms. The Hall–Kier alpha value is -2.12. The molecule has 0 aromatic rings. The van der Waals surface area contributed by atoms with Crippen LogP contribution in [-0.2, 0) is 19.1 Å². The van der Waals surface area contributed by atoms with Crippen molar-refractivity contribution in [3.63, 3.8) is 0 Å². The normalized spacial score (nSPS) is 10.6. The number of nitrogens with one attached hydrogen (secondary N) is 2. The van der Waals surface area contributed by atoms with Crippen molar-refractivity contribution in [2.24, 2.45) is 0 Å². The van der Waals surface area contributed by atoms with Gasteiger partial charge in [0.2, 0.25) is 5.91 Å². The molecule has 8 heteroatoms. The summed E-state index contributed by atoms with van der Waals surface area (Å²) in [6, 6.07) is 0. The Balaban J connectivity index is 3.81. The Kier molecular flexibility index (Phi) is 7.27. The molecule has 8 nitrogen and oxygen atoms in total. The molecule has 0 atom stereocenters. The average Bonchev–Trinajstić information content (AvgIpc) is 2.29.